The summed E-state index contributed by atoms with van der Waals surface area (Å²) in [6, 6.07) is 16.8. The minimum Gasteiger partial charge on any atom is -0.369 e. The van der Waals surface area contributed by atoms with Gasteiger partial charge in [-0.15, -0.1) is 0 Å². The van der Waals surface area contributed by atoms with E-state index < -0.39 is 0 Å². The summed E-state index contributed by atoms with van der Waals surface area (Å²) >= 11 is 0. The number of nitrogens with zero attached hydrogens (tertiary/aromatic N) is 2. The molecule has 3 rings (SSSR count). The molecule has 0 saturated carbocycles. The molecule has 1 unspecified atom stereocenters. The number of hydrogen-bond acceptors (Lipinski definition) is 2. The van der Waals surface area contributed by atoms with E-state index in [2.05, 4.69) is 59.8 Å². The molecule has 2 aromatic carbocycles. The molecule has 3 heteroatoms. The minimum absolute atomic E-state index is 0.507. The molecule has 3 aromatic rings. The van der Waals surface area contributed by atoms with Crippen LogP contribution in [0.5, 0.6) is 0 Å². The lowest BCUT2D eigenvalue weighted by molar-refractivity contribution is 0.590. The predicted molar refractivity (Wildman–Crippen MR) is 88.4 cm³/mol. The van der Waals surface area contributed by atoms with Gasteiger partial charge in [0.25, 0.3) is 0 Å². The highest BCUT2D eigenvalue weighted by Gasteiger charge is 2.12. The van der Waals surface area contributed by atoms with Crippen LogP contribution in [0.15, 0.2) is 48.5 Å². The first-order valence-electron chi connectivity index (χ1n) is 7.43. The molecule has 0 aliphatic heterocycles. The van der Waals surface area contributed by atoms with Crippen molar-refractivity contribution in [3.05, 3.63) is 59.7 Å². The van der Waals surface area contributed by atoms with E-state index in [1.54, 1.807) is 0 Å². The smallest absolute Gasteiger partial charge is 0.201 e. The number of benzene rings is 2. The van der Waals surface area contributed by atoms with Crippen LogP contribution in [0, 0.1) is 6.92 Å². The van der Waals surface area contributed by atoms with E-state index >= 15 is 0 Å². The standard InChI is InChI=1S/C18H21N3/c1-13(15-8-4-3-5-9-15)11-12-21-17-14(2)7-6-10-16(17)20-18(21)19/h3-10,13H,11-12H2,1-2H3,(H2,19,20). The van der Waals surface area contributed by atoms with Crippen molar-refractivity contribution in [2.75, 3.05) is 5.73 Å². The molecule has 3 nitrogen and oxygen atoms in total. The Morgan fingerprint density at radius 3 is 2.62 bits per heavy atom. The third-order valence-electron chi connectivity index (χ3n) is 4.15. The van der Waals surface area contributed by atoms with Crippen LogP contribution < -0.4 is 5.73 Å². The van der Waals surface area contributed by atoms with E-state index in [4.69, 9.17) is 5.73 Å². The fourth-order valence-corrected chi connectivity index (χ4v) is 2.88. The normalized spacial score (nSPS) is 12.7. The lowest BCUT2D eigenvalue weighted by atomic mass is 9.98. The van der Waals surface area contributed by atoms with Crippen LogP contribution in [0.3, 0.4) is 0 Å². The van der Waals surface area contributed by atoms with E-state index in [0.29, 0.717) is 11.9 Å². The quantitative estimate of drug-likeness (QED) is 0.780. The summed E-state index contributed by atoms with van der Waals surface area (Å²) in [6.07, 6.45) is 1.05. The largest absolute Gasteiger partial charge is 0.369 e. The van der Waals surface area contributed by atoms with Gasteiger partial charge in [0.05, 0.1) is 11.0 Å². The van der Waals surface area contributed by atoms with Gasteiger partial charge in [-0.1, -0.05) is 49.4 Å². The van der Waals surface area contributed by atoms with Crippen LogP contribution in [0.1, 0.15) is 30.4 Å². The molecule has 0 aliphatic carbocycles. The van der Waals surface area contributed by atoms with Crippen molar-refractivity contribution in [3.63, 3.8) is 0 Å². The van der Waals surface area contributed by atoms with Crippen molar-refractivity contribution >= 4 is 17.0 Å². The molecule has 1 aromatic heterocycles. The molecule has 0 aliphatic rings. The lowest BCUT2D eigenvalue weighted by Gasteiger charge is -2.14. The number of nitrogens with two attached hydrogens (primary N) is 1. The molecule has 0 fully saturated rings. The number of aromatic nitrogens is 2. The zero-order chi connectivity index (χ0) is 14.8. The van der Waals surface area contributed by atoms with E-state index in [1.165, 1.54) is 11.1 Å². The Kier molecular flexibility index (Phi) is 3.65. The second-order valence-corrected chi connectivity index (χ2v) is 5.66. The van der Waals surface area contributed by atoms with Crippen molar-refractivity contribution in [1.82, 2.24) is 9.55 Å². The third kappa shape index (κ3) is 2.64. The van der Waals surface area contributed by atoms with Crippen LogP contribution >= 0.6 is 0 Å². The number of rotatable bonds is 4. The van der Waals surface area contributed by atoms with Gasteiger partial charge in [-0.3, -0.25) is 0 Å². The van der Waals surface area contributed by atoms with E-state index in [1.807, 2.05) is 12.1 Å². The Balaban J connectivity index is 1.84. The second kappa shape index (κ2) is 5.60. The second-order valence-electron chi connectivity index (χ2n) is 5.66. The molecule has 1 heterocycles. The van der Waals surface area contributed by atoms with E-state index in [9.17, 15) is 0 Å². The summed E-state index contributed by atoms with van der Waals surface area (Å²) in [5.41, 5.74) is 10.8. The lowest BCUT2D eigenvalue weighted by Crippen LogP contribution is -2.07. The summed E-state index contributed by atoms with van der Waals surface area (Å²) in [6.45, 7) is 5.27. The average molecular weight is 279 g/mol. The Hall–Kier alpha value is -2.29. The highest BCUT2D eigenvalue weighted by molar-refractivity contribution is 5.81. The molecule has 108 valence electrons. The van der Waals surface area contributed by atoms with Gasteiger partial charge in [0.1, 0.15) is 0 Å². The maximum absolute atomic E-state index is 6.10. The molecule has 0 spiro atoms. The average Bonchev–Trinajstić information content (AvgIpc) is 2.82. The van der Waals surface area contributed by atoms with Crippen molar-refractivity contribution in [2.45, 2.75) is 32.7 Å². The maximum Gasteiger partial charge on any atom is 0.201 e. The first kappa shape index (κ1) is 13.7. The number of fused-ring (bicyclic) bond motifs is 1. The molecule has 0 bridgehead atoms. The van der Waals surface area contributed by atoms with Gasteiger partial charge in [0.2, 0.25) is 5.95 Å². The van der Waals surface area contributed by atoms with Crippen molar-refractivity contribution < 1.29 is 0 Å². The first-order valence-corrected chi connectivity index (χ1v) is 7.43. The van der Waals surface area contributed by atoms with E-state index in [0.717, 1.165) is 24.0 Å². The molecular formula is C18H21N3. The van der Waals surface area contributed by atoms with E-state index in [-0.39, 0.29) is 0 Å². The zero-order valence-electron chi connectivity index (χ0n) is 12.6. The molecule has 0 saturated heterocycles. The molecule has 0 amide bonds. The fraction of sp³-hybridized carbons (Fsp3) is 0.278. The number of anilines is 1. The number of para-hydroxylation sites is 1. The molecule has 2 N–H and O–H groups in total. The van der Waals surface area contributed by atoms with Gasteiger partial charge >= 0.3 is 0 Å². The predicted octanol–water partition coefficient (Wildman–Crippen LogP) is 4.12. The Labute approximate surface area is 125 Å². The molecule has 1 atom stereocenters. The topological polar surface area (TPSA) is 43.8 Å². The van der Waals surface area contributed by atoms with Crippen LogP contribution in [0.2, 0.25) is 0 Å². The minimum atomic E-state index is 0.507. The van der Waals surface area contributed by atoms with Gasteiger partial charge in [0, 0.05) is 6.54 Å². The molecule has 21 heavy (non-hydrogen) atoms. The Morgan fingerprint density at radius 1 is 1.10 bits per heavy atom. The summed E-state index contributed by atoms with van der Waals surface area (Å²) in [5, 5.41) is 0. The number of hydrogen-bond donors (Lipinski definition) is 1. The van der Waals surface area contributed by atoms with Gasteiger partial charge in [-0.2, -0.15) is 0 Å². The molecule has 0 radical (unpaired) electrons. The molecular weight excluding hydrogens is 258 g/mol. The SMILES string of the molecule is Cc1cccc2nc(N)n(CCC(C)c3ccccc3)c12. The van der Waals surface area contributed by atoms with Crippen LogP contribution in [0.4, 0.5) is 5.95 Å². The van der Waals surface area contributed by atoms with Crippen LogP contribution in [-0.2, 0) is 6.54 Å². The van der Waals surface area contributed by atoms with Gasteiger partial charge < -0.3 is 10.3 Å². The third-order valence-corrected chi connectivity index (χ3v) is 4.15. The number of nitrogen functional groups attached to an aromatic ring is 1. The Bertz CT molecular complexity index is 744. The van der Waals surface area contributed by atoms with Crippen LogP contribution in [-0.4, -0.2) is 9.55 Å². The number of imidazole rings is 1. The van der Waals surface area contributed by atoms with Crippen molar-refractivity contribution in [3.8, 4) is 0 Å². The summed E-state index contributed by atoms with van der Waals surface area (Å²) in [5.74, 6) is 1.12. The summed E-state index contributed by atoms with van der Waals surface area (Å²) < 4.78 is 2.14. The highest BCUT2D eigenvalue weighted by atomic mass is 15.1. The number of aryl methyl sites for hydroxylation is 2. The van der Waals surface area contributed by atoms with Crippen LogP contribution in [0.25, 0.3) is 11.0 Å². The monoisotopic (exact) mass is 279 g/mol. The maximum atomic E-state index is 6.10. The summed E-state index contributed by atoms with van der Waals surface area (Å²) in [7, 11) is 0. The van der Waals surface area contributed by atoms with Gasteiger partial charge in [-0.05, 0) is 36.5 Å². The zero-order valence-corrected chi connectivity index (χ0v) is 12.6. The van der Waals surface area contributed by atoms with Gasteiger partial charge in [0.15, 0.2) is 0 Å². The fourth-order valence-electron chi connectivity index (χ4n) is 2.88. The summed E-state index contributed by atoms with van der Waals surface area (Å²) in [4.78, 5) is 4.47. The van der Waals surface area contributed by atoms with Crippen molar-refractivity contribution in [2.24, 2.45) is 0 Å². The Morgan fingerprint density at radius 2 is 1.86 bits per heavy atom. The van der Waals surface area contributed by atoms with Gasteiger partial charge in [-0.25, -0.2) is 4.98 Å². The highest BCUT2D eigenvalue weighted by Crippen LogP contribution is 2.25. The van der Waals surface area contributed by atoms with Crippen molar-refractivity contribution in [1.29, 1.82) is 0 Å². The first-order chi connectivity index (χ1) is 10.2.